The Balaban J connectivity index is 3.03. The zero-order valence-electron chi connectivity index (χ0n) is 12.2. The quantitative estimate of drug-likeness (QED) is 0.840. The molecule has 2 N–H and O–H groups in total. The number of nitrogens with two attached hydrogens (primary N) is 1. The maximum absolute atomic E-state index is 12.4. The molecule has 1 rings (SSSR count). The minimum absolute atomic E-state index is 0.0829. The number of anilines is 1. The van der Waals surface area contributed by atoms with Crippen LogP contribution in [0.5, 0.6) is 0 Å². The Morgan fingerprint density at radius 1 is 1.11 bits per heavy atom. The Morgan fingerprint density at radius 3 is 2.16 bits per heavy atom. The van der Waals surface area contributed by atoms with Gasteiger partial charge in [-0.1, -0.05) is 12.1 Å². The molecule has 0 bridgehead atoms. The molecule has 0 fully saturated rings. The highest BCUT2D eigenvalue weighted by Gasteiger charge is 2.29. The Hall–Kier alpha value is -1.11. The van der Waals surface area contributed by atoms with Crippen LogP contribution in [0.1, 0.15) is 32.4 Å². The molecule has 0 aliphatic carbocycles. The summed E-state index contributed by atoms with van der Waals surface area (Å²) in [5.41, 5.74) is 7.25. The van der Waals surface area contributed by atoms with Crippen molar-refractivity contribution in [1.29, 1.82) is 0 Å². The molecule has 0 heterocycles. The summed E-state index contributed by atoms with van der Waals surface area (Å²) in [7, 11) is -0.301. The number of benzene rings is 1. The largest absolute Gasteiger partial charge is 0.399 e. The van der Waals surface area contributed by atoms with E-state index in [1.54, 1.807) is 26.2 Å². The van der Waals surface area contributed by atoms with Gasteiger partial charge in [-0.05, 0) is 38.5 Å². The Morgan fingerprint density at radius 2 is 1.68 bits per heavy atom. The van der Waals surface area contributed by atoms with Gasteiger partial charge in [-0.25, -0.2) is 0 Å². The van der Waals surface area contributed by atoms with Gasteiger partial charge in [0.1, 0.15) is 0 Å². The molecular weight excluding hydrogens is 262 g/mol. The van der Waals surface area contributed by atoms with Crippen molar-refractivity contribution in [2.24, 2.45) is 0 Å². The van der Waals surface area contributed by atoms with Gasteiger partial charge in [0.2, 0.25) is 0 Å². The van der Waals surface area contributed by atoms with E-state index in [9.17, 15) is 8.42 Å². The number of rotatable bonds is 5. The van der Waals surface area contributed by atoms with Crippen LogP contribution in [0.3, 0.4) is 0 Å². The van der Waals surface area contributed by atoms with Crippen LogP contribution in [0.15, 0.2) is 24.3 Å². The van der Waals surface area contributed by atoms with Gasteiger partial charge in [0.15, 0.2) is 0 Å². The van der Waals surface area contributed by atoms with Gasteiger partial charge in [0.05, 0.1) is 0 Å². The van der Waals surface area contributed by atoms with Crippen LogP contribution < -0.4 is 5.73 Å². The molecule has 1 aromatic carbocycles. The van der Waals surface area contributed by atoms with Gasteiger partial charge in [0.25, 0.3) is 10.2 Å². The summed E-state index contributed by atoms with van der Waals surface area (Å²) in [6.45, 7) is 5.54. The van der Waals surface area contributed by atoms with Crippen LogP contribution >= 0.6 is 0 Å². The summed E-state index contributed by atoms with van der Waals surface area (Å²) in [6, 6.07) is 6.93. The van der Waals surface area contributed by atoms with Crippen molar-refractivity contribution in [2.75, 3.05) is 19.8 Å². The van der Waals surface area contributed by atoms with Crippen molar-refractivity contribution in [2.45, 2.75) is 32.9 Å². The first kappa shape index (κ1) is 15.9. The molecule has 0 spiro atoms. The molecule has 0 radical (unpaired) electrons. The normalized spacial score (nSPS) is 14.3. The number of nitrogens with zero attached hydrogens (tertiary/aromatic N) is 2. The van der Waals surface area contributed by atoms with E-state index in [0.717, 1.165) is 5.56 Å². The highest BCUT2D eigenvalue weighted by Crippen LogP contribution is 2.24. The zero-order valence-corrected chi connectivity index (χ0v) is 13.0. The monoisotopic (exact) mass is 285 g/mol. The molecule has 5 nitrogen and oxygen atoms in total. The summed E-state index contributed by atoms with van der Waals surface area (Å²) in [5.74, 6) is 0. The van der Waals surface area contributed by atoms with Gasteiger partial charge in [-0.2, -0.15) is 17.0 Å². The number of hydrogen-bond donors (Lipinski definition) is 1. The van der Waals surface area contributed by atoms with Crippen molar-refractivity contribution in [1.82, 2.24) is 8.61 Å². The van der Waals surface area contributed by atoms with Crippen molar-refractivity contribution in [3.63, 3.8) is 0 Å². The van der Waals surface area contributed by atoms with E-state index in [1.807, 2.05) is 32.9 Å². The average Bonchev–Trinajstić information content (AvgIpc) is 2.35. The molecule has 0 amide bonds. The average molecular weight is 285 g/mol. The second kappa shape index (κ2) is 5.90. The molecule has 0 saturated carbocycles. The number of nitrogen functional groups attached to an aromatic ring is 1. The van der Waals surface area contributed by atoms with E-state index >= 15 is 0 Å². The van der Waals surface area contributed by atoms with E-state index in [-0.39, 0.29) is 12.1 Å². The van der Waals surface area contributed by atoms with Crippen molar-refractivity contribution < 1.29 is 8.42 Å². The van der Waals surface area contributed by atoms with Crippen LogP contribution in [-0.2, 0) is 10.2 Å². The zero-order chi connectivity index (χ0) is 14.8. The van der Waals surface area contributed by atoms with Crippen LogP contribution in [0.2, 0.25) is 0 Å². The third-order valence-electron chi connectivity index (χ3n) is 3.39. The lowest BCUT2D eigenvalue weighted by Gasteiger charge is -2.31. The lowest BCUT2D eigenvalue weighted by atomic mass is 10.1. The molecule has 1 aromatic rings. The SMILES string of the molecule is CC(C)N(C)S(=O)(=O)N(C)C(C)c1cccc(N)c1. The summed E-state index contributed by atoms with van der Waals surface area (Å²) in [5, 5.41) is 0. The predicted octanol–water partition coefficient (Wildman–Crippen LogP) is 1.85. The van der Waals surface area contributed by atoms with Crippen LogP contribution in [0.25, 0.3) is 0 Å². The van der Waals surface area contributed by atoms with Crippen molar-refractivity contribution in [3.05, 3.63) is 29.8 Å². The lowest BCUT2D eigenvalue weighted by molar-refractivity contribution is 0.327. The Labute approximate surface area is 116 Å². The minimum atomic E-state index is -3.47. The molecule has 0 aromatic heterocycles. The third-order valence-corrected chi connectivity index (χ3v) is 5.59. The van der Waals surface area contributed by atoms with Gasteiger partial charge in [0, 0.05) is 31.9 Å². The third kappa shape index (κ3) is 3.46. The van der Waals surface area contributed by atoms with Crippen LogP contribution in [0, 0.1) is 0 Å². The molecule has 19 heavy (non-hydrogen) atoms. The maximum atomic E-state index is 12.4. The van der Waals surface area contributed by atoms with Gasteiger partial charge < -0.3 is 5.73 Å². The second-order valence-corrected chi connectivity index (χ2v) is 7.03. The maximum Gasteiger partial charge on any atom is 0.282 e. The van der Waals surface area contributed by atoms with E-state index in [0.29, 0.717) is 5.69 Å². The first-order valence-electron chi connectivity index (χ1n) is 6.24. The summed E-state index contributed by atoms with van der Waals surface area (Å²) < 4.78 is 27.5. The standard InChI is InChI=1S/C13H23N3O2S/c1-10(2)15(4)19(17,18)16(5)11(3)12-7-6-8-13(14)9-12/h6-11H,14H2,1-5H3. The fraction of sp³-hybridized carbons (Fsp3) is 0.538. The summed E-state index contributed by atoms with van der Waals surface area (Å²) in [4.78, 5) is 0. The predicted molar refractivity (Wildman–Crippen MR) is 78.9 cm³/mol. The first-order valence-corrected chi connectivity index (χ1v) is 7.64. The van der Waals surface area contributed by atoms with Gasteiger partial charge in [-0.15, -0.1) is 0 Å². The molecule has 1 atom stereocenters. The van der Waals surface area contributed by atoms with Gasteiger partial charge >= 0.3 is 0 Å². The molecule has 0 saturated heterocycles. The first-order chi connectivity index (χ1) is 8.67. The lowest BCUT2D eigenvalue weighted by Crippen LogP contribution is -2.43. The number of hydrogen-bond acceptors (Lipinski definition) is 3. The molecule has 6 heteroatoms. The van der Waals surface area contributed by atoms with E-state index < -0.39 is 10.2 Å². The smallest absolute Gasteiger partial charge is 0.282 e. The van der Waals surface area contributed by atoms with E-state index in [2.05, 4.69) is 0 Å². The highest BCUT2D eigenvalue weighted by atomic mass is 32.2. The molecular formula is C13H23N3O2S. The summed E-state index contributed by atoms with van der Waals surface area (Å²) >= 11 is 0. The minimum Gasteiger partial charge on any atom is -0.399 e. The molecule has 0 aliphatic rings. The van der Waals surface area contributed by atoms with Crippen molar-refractivity contribution >= 4 is 15.9 Å². The molecule has 0 aliphatic heterocycles. The second-order valence-electron chi connectivity index (χ2n) is 4.98. The van der Waals surface area contributed by atoms with Gasteiger partial charge in [-0.3, -0.25) is 0 Å². The van der Waals surface area contributed by atoms with E-state index in [4.69, 9.17) is 5.73 Å². The highest BCUT2D eigenvalue weighted by molar-refractivity contribution is 7.86. The fourth-order valence-corrected chi connectivity index (χ4v) is 3.16. The Kier molecular flexibility index (Phi) is 4.95. The van der Waals surface area contributed by atoms with Crippen molar-refractivity contribution in [3.8, 4) is 0 Å². The Bertz CT molecular complexity index is 528. The molecule has 108 valence electrons. The topological polar surface area (TPSA) is 66.6 Å². The fourth-order valence-electron chi connectivity index (χ4n) is 1.70. The molecule has 1 unspecified atom stereocenters. The van der Waals surface area contributed by atoms with E-state index in [1.165, 1.54) is 8.61 Å². The van der Waals surface area contributed by atoms with Crippen LogP contribution in [-0.4, -0.2) is 37.2 Å². The summed E-state index contributed by atoms with van der Waals surface area (Å²) in [6.07, 6.45) is 0. The van der Waals surface area contributed by atoms with Crippen LogP contribution in [0.4, 0.5) is 5.69 Å².